The maximum absolute atomic E-state index is 4.71. The highest BCUT2D eigenvalue weighted by Gasteiger charge is 2.18. The molecule has 0 aliphatic rings. The lowest BCUT2D eigenvalue weighted by atomic mass is 9.93. The Kier molecular flexibility index (Phi) is 5.03. The average molecular weight is 571 g/mol. The SMILES string of the molecule is c1cnc2c(-c3ccc(-n4c5cc6c7ccccc7c7ccccc7c6cc5c5c6ccccc6ccc54)cc3)cccc2c1. The topological polar surface area (TPSA) is 17.8 Å². The van der Waals surface area contributed by atoms with Crippen molar-refractivity contribution in [2.75, 3.05) is 0 Å². The first-order chi connectivity index (χ1) is 22.3. The Hall–Kier alpha value is -5.99. The zero-order valence-electron chi connectivity index (χ0n) is 24.4. The number of aromatic nitrogens is 2. The number of rotatable bonds is 2. The largest absolute Gasteiger partial charge is 0.309 e. The van der Waals surface area contributed by atoms with Crippen molar-refractivity contribution in [1.82, 2.24) is 9.55 Å². The third-order valence-electron chi connectivity index (χ3n) is 9.59. The molecule has 0 N–H and O–H groups in total. The van der Waals surface area contributed by atoms with Crippen molar-refractivity contribution in [3.63, 3.8) is 0 Å². The average Bonchev–Trinajstić information content (AvgIpc) is 3.44. The molecule has 0 unspecified atom stereocenters. The summed E-state index contributed by atoms with van der Waals surface area (Å²) in [5, 5.41) is 14.0. The van der Waals surface area contributed by atoms with E-state index in [2.05, 4.69) is 150 Å². The molecule has 0 fully saturated rings. The number of hydrogen-bond donors (Lipinski definition) is 0. The number of pyridine rings is 1. The van der Waals surface area contributed by atoms with E-state index in [4.69, 9.17) is 4.98 Å². The molecule has 10 rings (SSSR count). The van der Waals surface area contributed by atoms with Gasteiger partial charge in [-0.2, -0.15) is 0 Å². The Labute approximate surface area is 259 Å². The molecule has 0 bridgehead atoms. The van der Waals surface area contributed by atoms with Crippen LogP contribution in [0.15, 0.2) is 158 Å². The minimum absolute atomic E-state index is 1.03. The van der Waals surface area contributed by atoms with Crippen molar-refractivity contribution in [2.24, 2.45) is 0 Å². The van der Waals surface area contributed by atoms with Gasteiger partial charge in [-0.25, -0.2) is 0 Å². The summed E-state index contributed by atoms with van der Waals surface area (Å²) in [6, 6.07) is 55.4. The molecule has 0 aliphatic heterocycles. The highest BCUT2D eigenvalue weighted by atomic mass is 15.0. The minimum Gasteiger partial charge on any atom is -0.309 e. The summed E-state index contributed by atoms with van der Waals surface area (Å²) < 4.78 is 2.45. The van der Waals surface area contributed by atoms with E-state index >= 15 is 0 Å². The molecular weight excluding hydrogens is 544 g/mol. The van der Waals surface area contributed by atoms with E-state index in [-0.39, 0.29) is 0 Å². The quantitative estimate of drug-likeness (QED) is 0.189. The lowest BCUT2D eigenvalue weighted by Gasteiger charge is -2.13. The van der Waals surface area contributed by atoms with Gasteiger partial charge in [-0.3, -0.25) is 4.98 Å². The maximum atomic E-state index is 4.71. The van der Waals surface area contributed by atoms with Crippen LogP contribution in [0.1, 0.15) is 0 Å². The predicted molar refractivity (Wildman–Crippen MR) is 192 cm³/mol. The number of para-hydroxylation sites is 1. The molecule has 8 aromatic carbocycles. The molecule has 0 saturated carbocycles. The van der Waals surface area contributed by atoms with E-state index in [0.29, 0.717) is 0 Å². The van der Waals surface area contributed by atoms with E-state index in [1.807, 2.05) is 12.3 Å². The maximum Gasteiger partial charge on any atom is 0.0780 e. The summed E-state index contributed by atoms with van der Waals surface area (Å²) in [4.78, 5) is 4.71. The van der Waals surface area contributed by atoms with Gasteiger partial charge in [0, 0.05) is 33.6 Å². The van der Waals surface area contributed by atoms with E-state index in [1.54, 1.807) is 0 Å². The number of benzene rings is 8. The second kappa shape index (κ2) is 9.25. The highest BCUT2D eigenvalue weighted by Crippen LogP contribution is 2.43. The molecule has 0 amide bonds. The first-order valence-electron chi connectivity index (χ1n) is 15.5. The molecular formula is C43H26N2. The van der Waals surface area contributed by atoms with Crippen molar-refractivity contribution in [3.05, 3.63) is 158 Å². The van der Waals surface area contributed by atoms with Crippen LogP contribution in [0.25, 0.3) is 92.6 Å². The lowest BCUT2D eigenvalue weighted by Crippen LogP contribution is -1.94. The summed E-state index contributed by atoms with van der Waals surface area (Å²) >= 11 is 0. The van der Waals surface area contributed by atoms with Gasteiger partial charge >= 0.3 is 0 Å². The van der Waals surface area contributed by atoms with Crippen LogP contribution in [0, 0.1) is 0 Å². The predicted octanol–water partition coefficient (Wildman–Crippen LogP) is 11.6. The van der Waals surface area contributed by atoms with Crippen molar-refractivity contribution < 1.29 is 0 Å². The van der Waals surface area contributed by atoms with Crippen LogP contribution in [0.2, 0.25) is 0 Å². The van der Waals surface area contributed by atoms with Crippen LogP contribution in [0.3, 0.4) is 0 Å². The van der Waals surface area contributed by atoms with E-state index in [0.717, 1.165) is 27.7 Å². The van der Waals surface area contributed by atoms with Crippen molar-refractivity contribution >= 4 is 75.8 Å². The monoisotopic (exact) mass is 570 g/mol. The molecule has 45 heavy (non-hydrogen) atoms. The number of fused-ring (bicyclic) bond motifs is 12. The Bertz CT molecular complexity index is 2800. The Morgan fingerprint density at radius 1 is 0.400 bits per heavy atom. The van der Waals surface area contributed by atoms with Gasteiger partial charge in [0.25, 0.3) is 0 Å². The van der Waals surface area contributed by atoms with Crippen LogP contribution < -0.4 is 0 Å². The Balaban J connectivity index is 1.32. The fourth-order valence-corrected chi connectivity index (χ4v) is 7.59. The lowest BCUT2D eigenvalue weighted by molar-refractivity contribution is 1.18. The van der Waals surface area contributed by atoms with Gasteiger partial charge in [-0.15, -0.1) is 0 Å². The molecule has 0 aliphatic carbocycles. The number of nitrogens with zero attached hydrogens (tertiary/aromatic N) is 2. The first kappa shape index (κ1) is 24.5. The van der Waals surface area contributed by atoms with Gasteiger partial charge < -0.3 is 4.57 Å². The van der Waals surface area contributed by atoms with E-state index in [9.17, 15) is 0 Å². The van der Waals surface area contributed by atoms with Crippen LogP contribution in [-0.4, -0.2) is 9.55 Å². The van der Waals surface area contributed by atoms with Crippen LogP contribution in [0.4, 0.5) is 0 Å². The number of hydrogen-bond acceptors (Lipinski definition) is 1. The summed E-state index contributed by atoms with van der Waals surface area (Å²) in [6.07, 6.45) is 1.87. The van der Waals surface area contributed by atoms with Gasteiger partial charge in [0.05, 0.1) is 16.6 Å². The summed E-state index contributed by atoms with van der Waals surface area (Å²) in [6.45, 7) is 0. The molecule has 0 spiro atoms. The molecule has 2 heteroatoms. The van der Waals surface area contributed by atoms with Crippen molar-refractivity contribution in [2.45, 2.75) is 0 Å². The fraction of sp³-hybridized carbons (Fsp3) is 0. The summed E-state index contributed by atoms with van der Waals surface area (Å²) in [5.74, 6) is 0. The van der Waals surface area contributed by atoms with Gasteiger partial charge in [-0.1, -0.05) is 115 Å². The Morgan fingerprint density at radius 2 is 1.02 bits per heavy atom. The second-order valence-electron chi connectivity index (χ2n) is 11.9. The molecule has 10 aromatic rings. The highest BCUT2D eigenvalue weighted by molar-refractivity contribution is 6.30. The first-order valence-corrected chi connectivity index (χ1v) is 15.5. The Morgan fingerprint density at radius 3 is 1.78 bits per heavy atom. The fourth-order valence-electron chi connectivity index (χ4n) is 7.59. The smallest absolute Gasteiger partial charge is 0.0780 e. The summed E-state index contributed by atoms with van der Waals surface area (Å²) in [5.41, 5.74) is 6.92. The van der Waals surface area contributed by atoms with Gasteiger partial charge in [0.15, 0.2) is 0 Å². The summed E-state index contributed by atoms with van der Waals surface area (Å²) in [7, 11) is 0. The minimum atomic E-state index is 1.03. The molecule has 208 valence electrons. The standard InChI is InChI=1S/C43H26N2/c1-2-12-31-27(9-1)20-23-40-42(31)39-25-37-35-15-5-3-13-33(35)34-14-4-6-16-36(34)38(37)26-41(39)45(40)30-21-18-28(19-22-30)32-17-7-10-29-11-8-24-44-43(29)32/h1-26H. The van der Waals surface area contributed by atoms with Crippen molar-refractivity contribution in [1.29, 1.82) is 0 Å². The van der Waals surface area contributed by atoms with Gasteiger partial charge in [0.2, 0.25) is 0 Å². The van der Waals surface area contributed by atoms with Gasteiger partial charge in [-0.05, 0) is 85.1 Å². The van der Waals surface area contributed by atoms with E-state index < -0.39 is 0 Å². The zero-order valence-corrected chi connectivity index (χ0v) is 24.4. The molecule has 0 atom stereocenters. The molecule has 2 aromatic heterocycles. The van der Waals surface area contributed by atoms with E-state index in [1.165, 1.54) is 64.9 Å². The second-order valence-corrected chi connectivity index (χ2v) is 11.9. The van der Waals surface area contributed by atoms with Crippen LogP contribution in [-0.2, 0) is 0 Å². The third-order valence-corrected chi connectivity index (χ3v) is 9.59. The third kappa shape index (κ3) is 3.48. The van der Waals surface area contributed by atoms with Gasteiger partial charge in [0.1, 0.15) is 0 Å². The van der Waals surface area contributed by atoms with Crippen molar-refractivity contribution in [3.8, 4) is 16.8 Å². The molecule has 2 nitrogen and oxygen atoms in total. The van der Waals surface area contributed by atoms with Crippen LogP contribution in [0.5, 0.6) is 0 Å². The van der Waals surface area contributed by atoms with Crippen LogP contribution >= 0.6 is 0 Å². The molecule has 2 heterocycles. The molecule has 0 saturated heterocycles. The normalized spacial score (nSPS) is 12.0. The molecule has 0 radical (unpaired) electrons. The zero-order chi connectivity index (χ0) is 29.5.